The molecule has 0 saturated carbocycles. The van der Waals surface area contributed by atoms with E-state index in [4.69, 9.17) is 0 Å². The third-order valence-electron chi connectivity index (χ3n) is 4.26. The Morgan fingerprint density at radius 3 is 2.62 bits per heavy atom. The SMILES string of the molecule is CNC(=O)C1CCN(C(=O)c2cn(C3CNC3)nn2)CC1. The smallest absolute Gasteiger partial charge is 0.276 e. The van der Waals surface area contributed by atoms with Gasteiger partial charge in [-0.15, -0.1) is 5.10 Å². The summed E-state index contributed by atoms with van der Waals surface area (Å²) < 4.78 is 1.75. The van der Waals surface area contributed by atoms with E-state index >= 15 is 0 Å². The fraction of sp³-hybridized carbons (Fsp3) is 0.692. The molecule has 1 aromatic rings. The Balaban J connectivity index is 1.58. The first-order chi connectivity index (χ1) is 10.2. The standard InChI is InChI=1S/C13H20N6O2/c1-14-12(20)9-2-4-18(5-3-9)13(21)11-8-19(17-16-11)10-6-15-7-10/h8-10,15H,2-7H2,1H3,(H,14,20). The number of nitrogens with one attached hydrogen (secondary N) is 2. The summed E-state index contributed by atoms with van der Waals surface area (Å²) in [5, 5.41) is 13.8. The van der Waals surface area contributed by atoms with E-state index in [0.717, 1.165) is 13.1 Å². The Hall–Kier alpha value is -1.96. The van der Waals surface area contributed by atoms with Crippen molar-refractivity contribution < 1.29 is 9.59 Å². The summed E-state index contributed by atoms with van der Waals surface area (Å²) in [5.41, 5.74) is 0.389. The summed E-state index contributed by atoms with van der Waals surface area (Å²) >= 11 is 0. The van der Waals surface area contributed by atoms with Gasteiger partial charge in [-0.05, 0) is 12.8 Å². The van der Waals surface area contributed by atoms with Crippen molar-refractivity contribution in [1.29, 1.82) is 0 Å². The van der Waals surface area contributed by atoms with Gasteiger partial charge in [0.15, 0.2) is 5.69 Å². The summed E-state index contributed by atoms with van der Waals surface area (Å²) in [4.78, 5) is 25.7. The van der Waals surface area contributed by atoms with E-state index in [0.29, 0.717) is 37.7 Å². The molecule has 0 atom stereocenters. The zero-order chi connectivity index (χ0) is 14.8. The van der Waals surface area contributed by atoms with Crippen molar-refractivity contribution in [2.75, 3.05) is 33.2 Å². The second kappa shape index (κ2) is 5.80. The van der Waals surface area contributed by atoms with Crippen molar-refractivity contribution in [2.45, 2.75) is 18.9 Å². The lowest BCUT2D eigenvalue weighted by atomic mass is 9.96. The van der Waals surface area contributed by atoms with Gasteiger partial charge in [-0.25, -0.2) is 4.68 Å². The third kappa shape index (κ3) is 2.76. The third-order valence-corrected chi connectivity index (χ3v) is 4.26. The van der Waals surface area contributed by atoms with Crippen LogP contribution in [0.3, 0.4) is 0 Å². The van der Waals surface area contributed by atoms with Crippen LogP contribution in [0.5, 0.6) is 0 Å². The monoisotopic (exact) mass is 292 g/mol. The van der Waals surface area contributed by atoms with Crippen LogP contribution in [0.2, 0.25) is 0 Å². The molecule has 8 heteroatoms. The van der Waals surface area contributed by atoms with Crippen LogP contribution in [0, 0.1) is 5.92 Å². The van der Waals surface area contributed by atoms with Gasteiger partial charge in [-0.1, -0.05) is 5.21 Å². The van der Waals surface area contributed by atoms with Crippen LogP contribution in [0.1, 0.15) is 29.4 Å². The highest BCUT2D eigenvalue weighted by Crippen LogP contribution is 2.19. The number of piperidine rings is 1. The van der Waals surface area contributed by atoms with Gasteiger partial charge in [-0.3, -0.25) is 9.59 Å². The van der Waals surface area contributed by atoms with Gasteiger partial charge in [0.1, 0.15) is 0 Å². The highest BCUT2D eigenvalue weighted by molar-refractivity contribution is 5.92. The van der Waals surface area contributed by atoms with Gasteiger partial charge < -0.3 is 15.5 Å². The molecule has 0 aliphatic carbocycles. The van der Waals surface area contributed by atoms with Crippen LogP contribution in [0.4, 0.5) is 0 Å². The van der Waals surface area contributed by atoms with Crippen LogP contribution >= 0.6 is 0 Å². The summed E-state index contributed by atoms with van der Waals surface area (Å²) in [5.74, 6) is -0.0230. The van der Waals surface area contributed by atoms with Crippen LogP contribution < -0.4 is 10.6 Å². The number of aromatic nitrogens is 3. The molecule has 2 saturated heterocycles. The lowest BCUT2D eigenvalue weighted by Crippen LogP contribution is -2.43. The minimum Gasteiger partial charge on any atom is -0.359 e. The van der Waals surface area contributed by atoms with E-state index in [1.165, 1.54) is 0 Å². The van der Waals surface area contributed by atoms with Crippen LogP contribution in [0.25, 0.3) is 0 Å². The first-order valence-electron chi connectivity index (χ1n) is 7.32. The van der Waals surface area contributed by atoms with Gasteiger partial charge in [0, 0.05) is 39.1 Å². The summed E-state index contributed by atoms with van der Waals surface area (Å²) in [7, 11) is 1.65. The first-order valence-corrected chi connectivity index (χ1v) is 7.32. The lowest BCUT2D eigenvalue weighted by Gasteiger charge is -2.30. The van der Waals surface area contributed by atoms with Crippen molar-refractivity contribution >= 4 is 11.8 Å². The minimum atomic E-state index is -0.0936. The molecule has 0 spiro atoms. The van der Waals surface area contributed by atoms with E-state index in [2.05, 4.69) is 20.9 Å². The molecule has 2 N–H and O–H groups in total. The molecule has 2 amide bonds. The molecule has 2 fully saturated rings. The zero-order valence-corrected chi connectivity index (χ0v) is 12.1. The number of likely N-dealkylation sites (tertiary alicyclic amines) is 1. The Bertz CT molecular complexity index is 531. The van der Waals surface area contributed by atoms with Crippen LogP contribution in [-0.4, -0.2) is 64.9 Å². The molecule has 0 radical (unpaired) electrons. The molecule has 2 aliphatic rings. The van der Waals surface area contributed by atoms with Gasteiger partial charge in [0.05, 0.1) is 12.2 Å². The largest absolute Gasteiger partial charge is 0.359 e. The number of hydrogen-bond acceptors (Lipinski definition) is 5. The van der Waals surface area contributed by atoms with Gasteiger partial charge in [0.25, 0.3) is 5.91 Å². The summed E-state index contributed by atoms with van der Waals surface area (Å²) in [6, 6.07) is 0.304. The molecular weight excluding hydrogens is 272 g/mol. The maximum absolute atomic E-state index is 12.4. The number of rotatable bonds is 3. The topological polar surface area (TPSA) is 92.2 Å². The number of amides is 2. The molecule has 8 nitrogen and oxygen atoms in total. The molecular formula is C13H20N6O2. The molecule has 21 heavy (non-hydrogen) atoms. The quantitative estimate of drug-likeness (QED) is 0.747. The van der Waals surface area contributed by atoms with Crippen LogP contribution in [0.15, 0.2) is 6.20 Å². The molecule has 0 unspecified atom stereocenters. The van der Waals surface area contributed by atoms with E-state index in [9.17, 15) is 9.59 Å². The fourth-order valence-electron chi connectivity index (χ4n) is 2.72. The highest BCUT2D eigenvalue weighted by Gasteiger charge is 2.29. The Kier molecular flexibility index (Phi) is 3.87. The normalized spacial score (nSPS) is 20.1. The van der Waals surface area contributed by atoms with Crippen molar-refractivity contribution in [1.82, 2.24) is 30.5 Å². The van der Waals surface area contributed by atoms with Crippen molar-refractivity contribution in [3.8, 4) is 0 Å². The Morgan fingerprint density at radius 1 is 1.33 bits per heavy atom. The maximum atomic E-state index is 12.4. The van der Waals surface area contributed by atoms with E-state index in [1.54, 1.807) is 22.8 Å². The minimum absolute atomic E-state index is 0.00998. The molecule has 0 bridgehead atoms. The van der Waals surface area contributed by atoms with Crippen molar-refractivity contribution in [3.63, 3.8) is 0 Å². The van der Waals surface area contributed by atoms with Gasteiger partial charge in [-0.2, -0.15) is 0 Å². The average molecular weight is 292 g/mol. The van der Waals surface area contributed by atoms with Crippen molar-refractivity contribution in [2.24, 2.45) is 5.92 Å². The number of carbonyl (C=O) groups excluding carboxylic acids is 2. The molecule has 114 valence electrons. The highest BCUT2D eigenvalue weighted by atomic mass is 16.2. The Labute approximate surface area is 122 Å². The van der Waals surface area contributed by atoms with Crippen molar-refractivity contribution in [3.05, 3.63) is 11.9 Å². The van der Waals surface area contributed by atoms with Gasteiger partial charge >= 0.3 is 0 Å². The number of carbonyl (C=O) groups is 2. The average Bonchev–Trinajstić information content (AvgIpc) is 2.93. The predicted molar refractivity (Wildman–Crippen MR) is 74.6 cm³/mol. The second-order valence-corrected chi connectivity index (χ2v) is 5.58. The zero-order valence-electron chi connectivity index (χ0n) is 12.1. The number of hydrogen-bond donors (Lipinski definition) is 2. The van der Waals surface area contributed by atoms with Crippen LogP contribution in [-0.2, 0) is 4.79 Å². The van der Waals surface area contributed by atoms with Gasteiger partial charge in [0.2, 0.25) is 5.91 Å². The van der Waals surface area contributed by atoms with E-state index in [1.807, 2.05) is 0 Å². The predicted octanol–water partition coefficient (Wildman–Crippen LogP) is -0.979. The molecule has 3 heterocycles. The second-order valence-electron chi connectivity index (χ2n) is 5.58. The van der Waals surface area contributed by atoms with E-state index in [-0.39, 0.29) is 17.7 Å². The maximum Gasteiger partial charge on any atom is 0.276 e. The lowest BCUT2D eigenvalue weighted by molar-refractivity contribution is -0.125. The fourth-order valence-corrected chi connectivity index (χ4v) is 2.72. The summed E-state index contributed by atoms with van der Waals surface area (Å²) in [6.07, 6.45) is 3.12. The molecule has 0 aromatic carbocycles. The molecule has 2 aliphatic heterocycles. The molecule has 1 aromatic heterocycles. The summed E-state index contributed by atoms with van der Waals surface area (Å²) in [6.45, 7) is 2.92. The first kappa shape index (κ1) is 14.0. The number of nitrogens with zero attached hydrogens (tertiary/aromatic N) is 4. The molecule has 3 rings (SSSR count). The van der Waals surface area contributed by atoms with E-state index < -0.39 is 0 Å². The Morgan fingerprint density at radius 2 is 2.05 bits per heavy atom.